The number of hydrogen-bond donors (Lipinski definition) is 2. The molecule has 0 aliphatic carbocycles. The van der Waals surface area contributed by atoms with Crippen molar-refractivity contribution in [2.45, 2.75) is 13.3 Å². The summed E-state index contributed by atoms with van der Waals surface area (Å²) >= 11 is 0. The Morgan fingerprint density at radius 1 is 1.30 bits per heavy atom. The Morgan fingerprint density at radius 2 is 2.20 bits per heavy atom. The molecule has 3 N–H and O–H groups in total. The minimum atomic E-state index is 0.628. The number of pyridine rings is 1. The van der Waals surface area contributed by atoms with E-state index in [1.165, 1.54) is 0 Å². The maximum absolute atomic E-state index is 5.95. The Bertz CT molecular complexity index is 737. The van der Waals surface area contributed by atoms with Gasteiger partial charge in [0.2, 0.25) is 5.89 Å². The quantitative estimate of drug-likeness (QED) is 0.705. The van der Waals surface area contributed by atoms with Crippen molar-refractivity contribution in [3.8, 4) is 0 Å². The molecule has 0 spiro atoms. The Labute approximate surface area is 116 Å². The van der Waals surface area contributed by atoms with E-state index in [-0.39, 0.29) is 0 Å². The van der Waals surface area contributed by atoms with Gasteiger partial charge in [-0.15, -0.1) is 0 Å². The van der Waals surface area contributed by atoms with Gasteiger partial charge in [-0.1, -0.05) is 5.16 Å². The second kappa shape index (κ2) is 5.16. The smallest absolute Gasteiger partial charge is 0.228 e. The molecule has 0 radical (unpaired) electrons. The molecule has 0 fully saturated rings. The van der Waals surface area contributed by atoms with Crippen LogP contribution in [-0.4, -0.2) is 21.7 Å². The zero-order valence-corrected chi connectivity index (χ0v) is 11.1. The van der Waals surface area contributed by atoms with E-state index in [4.69, 9.17) is 10.3 Å². The molecule has 0 saturated carbocycles. The molecule has 6 nitrogen and oxygen atoms in total. The number of fused-ring (bicyclic) bond motifs is 1. The summed E-state index contributed by atoms with van der Waals surface area (Å²) in [7, 11) is 0. The molecule has 3 aromatic rings. The Morgan fingerprint density at radius 3 is 3.00 bits per heavy atom. The van der Waals surface area contributed by atoms with Gasteiger partial charge in [0.1, 0.15) is 0 Å². The first-order valence-electron chi connectivity index (χ1n) is 6.40. The number of rotatable bonds is 4. The molecule has 0 aliphatic heterocycles. The number of anilines is 2. The number of aromatic nitrogens is 3. The van der Waals surface area contributed by atoms with Gasteiger partial charge in [-0.05, 0) is 31.2 Å². The van der Waals surface area contributed by atoms with Gasteiger partial charge in [-0.3, -0.25) is 4.98 Å². The molecule has 102 valence electrons. The maximum Gasteiger partial charge on any atom is 0.228 e. The SMILES string of the molecule is Cc1noc(CCNc2ccc(N)c3cccnc23)n1. The normalized spacial score (nSPS) is 10.8. The van der Waals surface area contributed by atoms with Crippen molar-refractivity contribution in [3.63, 3.8) is 0 Å². The average Bonchev–Trinajstić information content (AvgIpc) is 2.87. The molecule has 0 aliphatic rings. The Kier molecular flexibility index (Phi) is 3.20. The van der Waals surface area contributed by atoms with E-state index in [1.807, 2.05) is 24.3 Å². The molecule has 0 bridgehead atoms. The van der Waals surface area contributed by atoms with Crippen molar-refractivity contribution in [3.05, 3.63) is 42.2 Å². The van der Waals surface area contributed by atoms with Crippen LogP contribution in [0.15, 0.2) is 35.0 Å². The number of nitrogens with zero attached hydrogens (tertiary/aromatic N) is 3. The molecular formula is C14H15N5O. The first kappa shape index (κ1) is 12.4. The lowest BCUT2D eigenvalue weighted by molar-refractivity contribution is 0.377. The summed E-state index contributed by atoms with van der Waals surface area (Å²) in [5.74, 6) is 1.28. The molecular weight excluding hydrogens is 254 g/mol. The minimum absolute atomic E-state index is 0.628. The van der Waals surface area contributed by atoms with Crippen LogP contribution < -0.4 is 11.1 Å². The zero-order chi connectivity index (χ0) is 13.9. The highest BCUT2D eigenvalue weighted by Crippen LogP contribution is 2.26. The monoisotopic (exact) mass is 269 g/mol. The van der Waals surface area contributed by atoms with Crippen LogP contribution in [0.4, 0.5) is 11.4 Å². The molecule has 3 rings (SSSR count). The van der Waals surface area contributed by atoms with Crippen LogP contribution in [0, 0.1) is 6.92 Å². The number of nitrogen functional groups attached to an aromatic ring is 1. The fraction of sp³-hybridized carbons (Fsp3) is 0.214. The maximum atomic E-state index is 5.95. The van der Waals surface area contributed by atoms with Crippen LogP contribution in [0.3, 0.4) is 0 Å². The van der Waals surface area contributed by atoms with Gasteiger partial charge in [0, 0.05) is 30.2 Å². The highest BCUT2D eigenvalue weighted by atomic mass is 16.5. The van der Waals surface area contributed by atoms with Crippen LogP contribution in [0.2, 0.25) is 0 Å². The van der Waals surface area contributed by atoms with Crippen LogP contribution >= 0.6 is 0 Å². The fourth-order valence-electron chi connectivity index (χ4n) is 2.08. The van der Waals surface area contributed by atoms with E-state index in [0.29, 0.717) is 24.7 Å². The van der Waals surface area contributed by atoms with Crippen LogP contribution in [0.1, 0.15) is 11.7 Å². The fourth-order valence-corrected chi connectivity index (χ4v) is 2.08. The summed E-state index contributed by atoms with van der Waals surface area (Å²) in [5, 5.41) is 8.04. The largest absolute Gasteiger partial charge is 0.398 e. The van der Waals surface area contributed by atoms with Gasteiger partial charge < -0.3 is 15.6 Å². The second-order valence-electron chi connectivity index (χ2n) is 4.51. The molecule has 0 amide bonds. The Hall–Kier alpha value is -2.63. The first-order chi connectivity index (χ1) is 9.74. The molecule has 1 aromatic carbocycles. The topological polar surface area (TPSA) is 89.9 Å². The lowest BCUT2D eigenvalue weighted by Gasteiger charge is -2.09. The van der Waals surface area contributed by atoms with Crippen molar-refractivity contribution >= 4 is 22.3 Å². The third-order valence-corrected chi connectivity index (χ3v) is 3.03. The van der Waals surface area contributed by atoms with Crippen LogP contribution in [0.5, 0.6) is 0 Å². The molecule has 0 unspecified atom stereocenters. The van der Waals surface area contributed by atoms with Crippen LogP contribution in [0.25, 0.3) is 10.9 Å². The number of aryl methyl sites for hydroxylation is 1. The predicted octanol–water partition coefficient (Wildman–Crippen LogP) is 2.16. The van der Waals surface area contributed by atoms with Crippen molar-refractivity contribution in [2.24, 2.45) is 0 Å². The number of hydrogen-bond acceptors (Lipinski definition) is 6. The molecule has 6 heteroatoms. The third-order valence-electron chi connectivity index (χ3n) is 3.03. The van der Waals surface area contributed by atoms with Gasteiger partial charge in [0.05, 0.1) is 11.2 Å². The highest BCUT2D eigenvalue weighted by molar-refractivity contribution is 5.98. The summed E-state index contributed by atoms with van der Waals surface area (Å²) in [4.78, 5) is 8.54. The average molecular weight is 269 g/mol. The van der Waals surface area contributed by atoms with Crippen molar-refractivity contribution in [1.29, 1.82) is 0 Å². The van der Waals surface area contributed by atoms with E-state index < -0.39 is 0 Å². The van der Waals surface area contributed by atoms with Crippen molar-refractivity contribution in [1.82, 2.24) is 15.1 Å². The molecule has 2 heterocycles. The predicted molar refractivity (Wildman–Crippen MR) is 77.4 cm³/mol. The van der Waals surface area contributed by atoms with E-state index in [9.17, 15) is 0 Å². The minimum Gasteiger partial charge on any atom is -0.398 e. The van der Waals surface area contributed by atoms with Crippen LogP contribution in [-0.2, 0) is 6.42 Å². The zero-order valence-electron chi connectivity index (χ0n) is 11.1. The lowest BCUT2D eigenvalue weighted by Crippen LogP contribution is -2.06. The lowest BCUT2D eigenvalue weighted by atomic mass is 10.1. The summed E-state index contributed by atoms with van der Waals surface area (Å²) < 4.78 is 5.07. The van der Waals surface area contributed by atoms with Gasteiger partial charge >= 0.3 is 0 Å². The van der Waals surface area contributed by atoms with E-state index in [0.717, 1.165) is 22.3 Å². The van der Waals surface area contributed by atoms with Gasteiger partial charge in [0.25, 0.3) is 0 Å². The van der Waals surface area contributed by atoms with Crippen molar-refractivity contribution in [2.75, 3.05) is 17.6 Å². The summed E-state index contributed by atoms with van der Waals surface area (Å²) in [6.45, 7) is 2.50. The Balaban J connectivity index is 1.76. The third kappa shape index (κ3) is 2.40. The standard InChI is InChI=1S/C14H15N5O/c1-9-18-13(20-19-9)6-8-16-12-5-4-11(15)10-3-2-7-17-14(10)12/h2-5,7,16H,6,8,15H2,1H3. The summed E-state index contributed by atoms with van der Waals surface area (Å²) in [6, 6.07) is 7.65. The van der Waals surface area contributed by atoms with E-state index in [1.54, 1.807) is 13.1 Å². The van der Waals surface area contributed by atoms with E-state index in [2.05, 4.69) is 20.4 Å². The second-order valence-corrected chi connectivity index (χ2v) is 4.51. The molecule has 0 saturated heterocycles. The molecule has 20 heavy (non-hydrogen) atoms. The van der Waals surface area contributed by atoms with Gasteiger partial charge in [0.15, 0.2) is 5.82 Å². The molecule has 2 aromatic heterocycles. The number of benzene rings is 1. The highest BCUT2D eigenvalue weighted by Gasteiger charge is 2.06. The van der Waals surface area contributed by atoms with Gasteiger partial charge in [-0.2, -0.15) is 4.98 Å². The van der Waals surface area contributed by atoms with E-state index >= 15 is 0 Å². The summed E-state index contributed by atoms with van der Waals surface area (Å²) in [6.07, 6.45) is 2.42. The van der Waals surface area contributed by atoms with Crippen molar-refractivity contribution < 1.29 is 4.52 Å². The summed E-state index contributed by atoms with van der Waals surface area (Å²) in [5.41, 5.74) is 8.49. The number of nitrogens with one attached hydrogen (secondary N) is 1. The first-order valence-corrected chi connectivity index (χ1v) is 6.40. The van der Waals surface area contributed by atoms with Gasteiger partial charge in [-0.25, -0.2) is 0 Å². The molecule has 0 atom stereocenters. The number of nitrogens with two attached hydrogens (primary N) is 1.